The van der Waals surface area contributed by atoms with E-state index in [1.54, 1.807) is 0 Å². The standard InChI is InChI=1S/C74H129NO8/c1-6-8-10-12-14-16-18-20-22-24-26-28-29-30-31-32-33-34-35-36-37-38-39-40-41-42-43-45-47-49-51-53-55-57-59-61-63-65-72(77)83-70(69-82-74(73(78)79)80-67-66-75(3,4)5)68-81-71(76)64-62-60-58-56-54-52-50-48-46-44-27-25-23-21-19-17-15-13-11-9-7-2/h8,10,14,16,19-22,25-28,30-31,33-34,70,74H,6-7,9,11-13,15,17-18,23-24,29,32,35-69H2,1-5H3/b10-8-,16-14-,21-19-,22-20-,27-25-,28-26-,31-30-,34-33-. The molecule has 2 unspecified atom stereocenters. The molecule has 0 aromatic carbocycles. The molecule has 0 radical (unpaired) electrons. The fourth-order valence-electron chi connectivity index (χ4n) is 9.57. The summed E-state index contributed by atoms with van der Waals surface area (Å²) in [6.07, 6.45) is 84.8. The van der Waals surface area contributed by atoms with Crippen molar-refractivity contribution in [3.63, 3.8) is 0 Å². The van der Waals surface area contributed by atoms with Gasteiger partial charge in [0.2, 0.25) is 0 Å². The van der Waals surface area contributed by atoms with Gasteiger partial charge in [-0.05, 0) is 96.3 Å². The molecule has 478 valence electrons. The Morgan fingerprint density at radius 2 is 0.687 bits per heavy atom. The van der Waals surface area contributed by atoms with E-state index in [0.29, 0.717) is 17.4 Å². The van der Waals surface area contributed by atoms with Gasteiger partial charge < -0.3 is 33.3 Å². The highest BCUT2D eigenvalue weighted by atomic mass is 16.7. The molecule has 0 saturated heterocycles. The largest absolute Gasteiger partial charge is 0.545 e. The Balaban J connectivity index is 4.08. The smallest absolute Gasteiger partial charge is 0.306 e. The number of allylic oxidation sites excluding steroid dienone is 16. The lowest BCUT2D eigenvalue weighted by molar-refractivity contribution is -0.870. The summed E-state index contributed by atoms with van der Waals surface area (Å²) in [4.78, 5) is 37.4. The van der Waals surface area contributed by atoms with Crippen LogP contribution >= 0.6 is 0 Å². The molecule has 0 bridgehead atoms. The van der Waals surface area contributed by atoms with Crippen LogP contribution in [0.2, 0.25) is 0 Å². The number of quaternary nitrogens is 1. The van der Waals surface area contributed by atoms with Crippen LogP contribution in [-0.2, 0) is 33.3 Å². The Morgan fingerprint density at radius 3 is 1.02 bits per heavy atom. The summed E-state index contributed by atoms with van der Waals surface area (Å²) in [6.45, 7) is 4.64. The fourth-order valence-corrected chi connectivity index (χ4v) is 9.57. The molecule has 0 aromatic rings. The first-order valence-corrected chi connectivity index (χ1v) is 34.4. The summed E-state index contributed by atoms with van der Waals surface area (Å²) >= 11 is 0. The number of carboxylic acids is 1. The van der Waals surface area contributed by atoms with Crippen molar-refractivity contribution in [3.8, 4) is 0 Å². The summed E-state index contributed by atoms with van der Waals surface area (Å²) in [5, 5.41) is 11.8. The van der Waals surface area contributed by atoms with Crippen LogP contribution in [0.4, 0.5) is 0 Å². The third-order valence-corrected chi connectivity index (χ3v) is 14.8. The molecule has 2 atom stereocenters. The number of likely N-dealkylation sites (N-methyl/N-ethyl adjacent to an activating group) is 1. The van der Waals surface area contributed by atoms with E-state index >= 15 is 0 Å². The number of nitrogens with zero attached hydrogens (tertiary/aromatic N) is 1. The summed E-state index contributed by atoms with van der Waals surface area (Å²) in [7, 11) is 5.93. The first kappa shape index (κ1) is 79.2. The van der Waals surface area contributed by atoms with E-state index in [-0.39, 0.29) is 38.6 Å². The number of carboxylic acid groups (broad SMARTS) is 1. The Morgan fingerprint density at radius 1 is 0.373 bits per heavy atom. The van der Waals surface area contributed by atoms with E-state index in [1.807, 2.05) is 21.1 Å². The molecule has 0 aliphatic rings. The van der Waals surface area contributed by atoms with E-state index < -0.39 is 24.3 Å². The Hall–Kier alpha value is -3.79. The molecular weight excluding hydrogens is 1030 g/mol. The molecule has 0 heterocycles. The minimum absolute atomic E-state index is 0.145. The highest BCUT2D eigenvalue weighted by Gasteiger charge is 2.22. The predicted molar refractivity (Wildman–Crippen MR) is 352 cm³/mol. The number of ether oxygens (including phenoxy) is 4. The van der Waals surface area contributed by atoms with E-state index in [2.05, 4.69) is 111 Å². The second-order valence-electron chi connectivity index (χ2n) is 24.1. The second-order valence-corrected chi connectivity index (χ2v) is 24.1. The van der Waals surface area contributed by atoms with Gasteiger partial charge in [-0.3, -0.25) is 9.59 Å². The van der Waals surface area contributed by atoms with Gasteiger partial charge in [-0.2, -0.15) is 0 Å². The number of hydrogen-bond acceptors (Lipinski definition) is 8. The monoisotopic (exact) mass is 1160 g/mol. The van der Waals surface area contributed by atoms with Gasteiger partial charge in [0.05, 0.1) is 40.3 Å². The van der Waals surface area contributed by atoms with Crippen LogP contribution < -0.4 is 5.11 Å². The number of esters is 2. The van der Waals surface area contributed by atoms with Crippen LogP contribution in [0.25, 0.3) is 0 Å². The average molecular weight is 1160 g/mol. The SMILES string of the molecule is CC/C=C\C/C=C\C/C=C\C/C=C\C/C=C\C/C=C\CCCCCCCCCCCCCCCCCCCCC(=O)OC(COC(=O)CCCCCCCCCCC/C=C\C/C=C\CCCCCCC)COC(OCC[N+](C)(C)C)C(=O)[O-]. The van der Waals surface area contributed by atoms with Crippen LogP contribution in [0.1, 0.15) is 296 Å². The van der Waals surface area contributed by atoms with Crippen molar-refractivity contribution >= 4 is 17.9 Å². The topological polar surface area (TPSA) is 111 Å². The van der Waals surface area contributed by atoms with Crippen molar-refractivity contribution in [1.82, 2.24) is 0 Å². The normalized spacial score (nSPS) is 13.3. The maximum Gasteiger partial charge on any atom is 0.306 e. The lowest BCUT2D eigenvalue weighted by atomic mass is 10.0. The molecule has 0 fully saturated rings. The van der Waals surface area contributed by atoms with E-state index in [9.17, 15) is 19.5 Å². The Kier molecular flexibility index (Phi) is 61.3. The van der Waals surface area contributed by atoms with Crippen molar-refractivity contribution in [3.05, 3.63) is 97.2 Å². The summed E-state index contributed by atoms with van der Waals surface area (Å²) in [5.41, 5.74) is 0. The molecule has 9 nitrogen and oxygen atoms in total. The zero-order chi connectivity index (χ0) is 60.5. The number of carbonyl (C=O) groups is 3. The molecule has 0 aliphatic carbocycles. The van der Waals surface area contributed by atoms with Crippen molar-refractivity contribution in [1.29, 1.82) is 0 Å². The van der Waals surface area contributed by atoms with Crippen LogP contribution in [0, 0.1) is 0 Å². The lowest BCUT2D eigenvalue weighted by Gasteiger charge is -2.26. The fraction of sp³-hybridized carbons (Fsp3) is 0.743. The average Bonchev–Trinajstić information content (AvgIpc) is 3.46. The van der Waals surface area contributed by atoms with E-state index in [0.717, 1.165) is 77.0 Å². The van der Waals surface area contributed by atoms with Gasteiger partial charge in [0.25, 0.3) is 0 Å². The second kappa shape index (κ2) is 64.2. The van der Waals surface area contributed by atoms with Gasteiger partial charge in [0.15, 0.2) is 12.4 Å². The predicted octanol–water partition coefficient (Wildman–Crippen LogP) is 19.9. The highest BCUT2D eigenvalue weighted by Crippen LogP contribution is 2.17. The van der Waals surface area contributed by atoms with Gasteiger partial charge in [0, 0.05) is 12.8 Å². The molecule has 83 heavy (non-hydrogen) atoms. The third-order valence-electron chi connectivity index (χ3n) is 14.8. The molecular formula is C74H129NO8. The van der Waals surface area contributed by atoms with Crippen LogP contribution in [-0.4, -0.2) is 82.3 Å². The van der Waals surface area contributed by atoms with Crippen LogP contribution in [0.3, 0.4) is 0 Å². The number of hydrogen-bond donors (Lipinski definition) is 0. The summed E-state index contributed by atoms with van der Waals surface area (Å²) in [6, 6.07) is 0. The molecule has 0 spiro atoms. The highest BCUT2D eigenvalue weighted by molar-refractivity contribution is 5.70. The Labute approximate surface area is 512 Å². The van der Waals surface area contributed by atoms with Gasteiger partial charge in [0.1, 0.15) is 13.2 Å². The van der Waals surface area contributed by atoms with Crippen molar-refractivity contribution in [2.45, 2.75) is 309 Å². The van der Waals surface area contributed by atoms with E-state index in [4.69, 9.17) is 18.9 Å². The number of carbonyl (C=O) groups excluding carboxylic acids is 3. The number of unbranched alkanes of at least 4 members (excludes halogenated alkanes) is 32. The van der Waals surface area contributed by atoms with Crippen LogP contribution in [0.15, 0.2) is 97.2 Å². The molecule has 0 rings (SSSR count). The molecule has 9 heteroatoms. The first-order valence-electron chi connectivity index (χ1n) is 34.4. The molecule has 0 N–H and O–H groups in total. The Bertz CT molecular complexity index is 1680. The minimum Gasteiger partial charge on any atom is -0.545 e. The summed E-state index contributed by atoms with van der Waals surface area (Å²) in [5.74, 6) is -2.28. The molecule has 0 aromatic heterocycles. The maximum atomic E-state index is 12.9. The molecule has 0 amide bonds. The minimum atomic E-state index is -1.63. The molecule has 0 aliphatic heterocycles. The van der Waals surface area contributed by atoms with Gasteiger partial charge in [-0.1, -0.05) is 284 Å². The molecule has 0 saturated carbocycles. The van der Waals surface area contributed by atoms with Crippen molar-refractivity contribution < 1.29 is 42.9 Å². The van der Waals surface area contributed by atoms with Crippen molar-refractivity contribution in [2.75, 3.05) is 47.5 Å². The van der Waals surface area contributed by atoms with Crippen molar-refractivity contribution in [2.24, 2.45) is 0 Å². The summed E-state index contributed by atoms with van der Waals surface area (Å²) < 4.78 is 22.8. The number of rotatable bonds is 63. The first-order chi connectivity index (χ1) is 40.6. The van der Waals surface area contributed by atoms with Crippen LogP contribution in [0.5, 0.6) is 0 Å². The third kappa shape index (κ3) is 65.6. The lowest BCUT2D eigenvalue weighted by Crippen LogP contribution is -2.44. The van der Waals surface area contributed by atoms with Gasteiger partial charge in [-0.15, -0.1) is 0 Å². The maximum absolute atomic E-state index is 12.9. The van der Waals surface area contributed by atoms with E-state index in [1.165, 1.54) is 186 Å². The number of aliphatic carboxylic acids is 1. The van der Waals surface area contributed by atoms with Gasteiger partial charge >= 0.3 is 11.9 Å². The van der Waals surface area contributed by atoms with Gasteiger partial charge in [-0.25, -0.2) is 0 Å². The quantitative estimate of drug-likeness (QED) is 0.0195. The zero-order valence-corrected chi connectivity index (χ0v) is 54.5. The zero-order valence-electron chi connectivity index (χ0n) is 54.5.